The molecule has 1 aliphatic heterocycles. The van der Waals surface area contributed by atoms with Crippen molar-refractivity contribution in [1.82, 2.24) is 0 Å². The van der Waals surface area contributed by atoms with Crippen LogP contribution >= 0.6 is 11.3 Å². The maximum absolute atomic E-state index is 6.46. The first-order valence-corrected chi connectivity index (χ1v) is 8.39. The van der Waals surface area contributed by atoms with Crippen molar-refractivity contribution in [3.8, 4) is 11.5 Å². The van der Waals surface area contributed by atoms with E-state index >= 15 is 0 Å². The van der Waals surface area contributed by atoms with Crippen LogP contribution in [0, 0.1) is 0 Å². The van der Waals surface area contributed by atoms with Gasteiger partial charge < -0.3 is 15.2 Å². The summed E-state index contributed by atoms with van der Waals surface area (Å²) in [5.74, 6) is 1.65. The van der Waals surface area contributed by atoms with Crippen LogP contribution in [-0.2, 0) is 12.8 Å². The largest absolute Gasteiger partial charge is 0.490 e. The number of nitrogens with two attached hydrogens (primary N) is 1. The summed E-state index contributed by atoms with van der Waals surface area (Å²) in [5.41, 5.74) is 9.06. The number of ether oxygens (including phenoxy) is 2. The van der Waals surface area contributed by atoms with Crippen molar-refractivity contribution in [1.29, 1.82) is 0 Å². The maximum atomic E-state index is 6.46. The van der Waals surface area contributed by atoms with E-state index in [0.29, 0.717) is 6.61 Å². The van der Waals surface area contributed by atoms with Crippen LogP contribution in [0.1, 0.15) is 39.8 Å². The fourth-order valence-electron chi connectivity index (χ4n) is 3.04. The minimum absolute atomic E-state index is 0.0715. The van der Waals surface area contributed by atoms with Gasteiger partial charge >= 0.3 is 0 Å². The van der Waals surface area contributed by atoms with Gasteiger partial charge in [-0.25, -0.2) is 0 Å². The molecule has 1 atom stereocenters. The van der Waals surface area contributed by atoms with E-state index < -0.39 is 0 Å². The van der Waals surface area contributed by atoms with Gasteiger partial charge in [-0.3, -0.25) is 0 Å². The van der Waals surface area contributed by atoms with Crippen LogP contribution in [0.15, 0.2) is 24.3 Å². The molecule has 1 aromatic heterocycles. The fraction of sp³-hybridized carbons (Fsp3) is 0.412. The van der Waals surface area contributed by atoms with E-state index in [1.807, 2.05) is 23.5 Å². The second kappa shape index (κ2) is 5.35. The van der Waals surface area contributed by atoms with Crippen LogP contribution in [0.2, 0.25) is 0 Å². The van der Waals surface area contributed by atoms with Crippen molar-refractivity contribution < 1.29 is 9.47 Å². The molecule has 4 rings (SSSR count). The molecule has 0 saturated carbocycles. The molecule has 1 aliphatic carbocycles. The lowest BCUT2D eigenvalue weighted by molar-refractivity contribution is 0.297. The summed E-state index contributed by atoms with van der Waals surface area (Å²) < 4.78 is 11.4. The van der Waals surface area contributed by atoms with Gasteiger partial charge in [-0.15, -0.1) is 11.3 Å². The molecule has 2 aliphatic rings. The number of aryl methyl sites for hydroxylation is 2. The summed E-state index contributed by atoms with van der Waals surface area (Å²) in [6.07, 6.45) is 4.64. The van der Waals surface area contributed by atoms with E-state index in [9.17, 15) is 0 Å². The van der Waals surface area contributed by atoms with Gasteiger partial charge in [0.25, 0.3) is 0 Å². The Morgan fingerprint density at radius 2 is 1.86 bits per heavy atom. The number of benzene rings is 1. The van der Waals surface area contributed by atoms with Crippen molar-refractivity contribution in [2.75, 3.05) is 13.2 Å². The third kappa shape index (κ3) is 2.43. The molecule has 3 nitrogen and oxygen atoms in total. The molecule has 2 N–H and O–H groups in total. The molecule has 0 bridgehead atoms. The van der Waals surface area contributed by atoms with E-state index in [4.69, 9.17) is 15.2 Å². The lowest BCUT2D eigenvalue weighted by Crippen LogP contribution is -2.10. The summed E-state index contributed by atoms with van der Waals surface area (Å²) in [6.45, 7) is 1.43. The first-order valence-electron chi connectivity index (χ1n) is 7.58. The number of hydrogen-bond donors (Lipinski definition) is 1. The number of hydrogen-bond acceptors (Lipinski definition) is 4. The summed E-state index contributed by atoms with van der Waals surface area (Å²) in [5, 5.41) is 0. The van der Waals surface area contributed by atoms with Crippen LogP contribution in [0.4, 0.5) is 0 Å². The first-order chi connectivity index (χ1) is 10.3. The van der Waals surface area contributed by atoms with Crippen LogP contribution in [0.3, 0.4) is 0 Å². The highest BCUT2D eigenvalue weighted by Gasteiger charge is 2.20. The zero-order valence-corrected chi connectivity index (χ0v) is 12.7. The molecule has 0 spiro atoms. The monoisotopic (exact) mass is 301 g/mol. The molecule has 2 heterocycles. The summed E-state index contributed by atoms with van der Waals surface area (Å²) in [7, 11) is 0. The average Bonchev–Trinajstić information content (AvgIpc) is 3.00. The SMILES string of the molecule is NC(c1ccc2c(c1)OCCCO2)c1cc2c(s1)CCC2. The van der Waals surface area contributed by atoms with Gasteiger partial charge in [0.15, 0.2) is 11.5 Å². The zero-order valence-electron chi connectivity index (χ0n) is 11.9. The number of rotatable bonds is 2. The van der Waals surface area contributed by atoms with Gasteiger partial charge in [0.2, 0.25) is 0 Å². The van der Waals surface area contributed by atoms with Gasteiger partial charge in [0.05, 0.1) is 19.3 Å². The Labute approximate surface area is 128 Å². The van der Waals surface area contributed by atoms with Gasteiger partial charge in [-0.2, -0.15) is 0 Å². The molecule has 4 heteroatoms. The first kappa shape index (κ1) is 13.2. The topological polar surface area (TPSA) is 44.5 Å². The minimum atomic E-state index is -0.0715. The Morgan fingerprint density at radius 1 is 1.00 bits per heavy atom. The van der Waals surface area contributed by atoms with Gasteiger partial charge in [-0.1, -0.05) is 6.07 Å². The molecule has 110 valence electrons. The van der Waals surface area contributed by atoms with Crippen LogP contribution in [0.5, 0.6) is 11.5 Å². The molecule has 0 fully saturated rings. The summed E-state index contributed by atoms with van der Waals surface area (Å²) in [4.78, 5) is 2.78. The summed E-state index contributed by atoms with van der Waals surface area (Å²) in [6, 6.07) is 8.30. The average molecular weight is 301 g/mol. The predicted octanol–water partition coefficient (Wildman–Crippen LogP) is 3.45. The van der Waals surface area contributed by atoms with Crippen molar-refractivity contribution in [2.24, 2.45) is 5.73 Å². The van der Waals surface area contributed by atoms with Crippen LogP contribution in [-0.4, -0.2) is 13.2 Å². The maximum Gasteiger partial charge on any atom is 0.161 e. The van der Waals surface area contributed by atoms with E-state index in [2.05, 4.69) is 12.1 Å². The Kier molecular flexibility index (Phi) is 3.36. The Hall–Kier alpha value is -1.52. The summed E-state index contributed by atoms with van der Waals surface area (Å²) >= 11 is 1.87. The van der Waals surface area contributed by atoms with Gasteiger partial charge in [-0.05, 0) is 48.6 Å². The van der Waals surface area contributed by atoms with Crippen LogP contribution in [0.25, 0.3) is 0 Å². The quantitative estimate of drug-likeness (QED) is 0.924. The van der Waals surface area contributed by atoms with E-state index in [-0.39, 0.29) is 6.04 Å². The molecule has 0 saturated heterocycles. The molecule has 0 radical (unpaired) electrons. The van der Waals surface area contributed by atoms with Crippen LogP contribution < -0.4 is 15.2 Å². The highest BCUT2D eigenvalue weighted by molar-refractivity contribution is 7.12. The number of fused-ring (bicyclic) bond motifs is 2. The smallest absolute Gasteiger partial charge is 0.161 e. The Bertz CT molecular complexity index is 643. The minimum Gasteiger partial charge on any atom is -0.490 e. The molecule has 1 unspecified atom stereocenters. The Balaban J connectivity index is 1.64. The molecular weight excluding hydrogens is 282 g/mol. The second-order valence-corrected chi connectivity index (χ2v) is 6.85. The van der Waals surface area contributed by atoms with Crippen molar-refractivity contribution in [3.63, 3.8) is 0 Å². The van der Waals surface area contributed by atoms with E-state index in [0.717, 1.165) is 30.1 Å². The molecule has 21 heavy (non-hydrogen) atoms. The molecule has 1 aromatic carbocycles. The molecular formula is C17H19NO2S. The highest BCUT2D eigenvalue weighted by atomic mass is 32.1. The molecule has 0 amide bonds. The van der Waals surface area contributed by atoms with Gasteiger partial charge in [0.1, 0.15) is 0 Å². The second-order valence-electron chi connectivity index (χ2n) is 5.69. The lowest BCUT2D eigenvalue weighted by Gasteiger charge is -2.14. The van der Waals surface area contributed by atoms with Crippen molar-refractivity contribution in [3.05, 3.63) is 45.1 Å². The normalized spacial score (nSPS) is 18.1. The van der Waals surface area contributed by atoms with Gasteiger partial charge in [0, 0.05) is 16.2 Å². The lowest BCUT2D eigenvalue weighted by atomic mass is 10.0. The highest BCUT2D eigenvalue weighted by Crippen LogP contribution is 2.37. The molecule has 2 aromatic rings. The van der Waals surface area contributed by atoms with E-state index in [1.165, 1.54) is 34.6 Å². The van der Waals surface area contributed by atoms with E-state index in [1.54, 1.807) is 0 Å². The third-order valence-electron chi connectivity index (χ3n) is 4.20. The third-order valence-corrected chi connectivity index (χ3v) is 5.52. The number of thiophene rings is 1. The Morgan fingerprint density at radius 3 is 2.71 bits per heavy atom. The standard InChI is InChI=1S/C17H19NO2S/c18-17(16-10-11-3-1-4-15(11)21-16)12-5-6-13-14(9-12)20-8-2-7-19-13/h5-6,9-10,17H,1-4,7-8,18H2. The predicted molar refractivity (Wildman–Crippen MR) is 84.4 cm³/mol. The fourth-order valence-corrected chi connectivity index (χ4v) is 4.33. The van der Waals surface area contributed by atoms with Crippen molar-refractivity contribution in [2.45, 2.75) is 31.7 Å². The van der Waals surface area contributed by atoms with Crippen molar-refractivity contribution >= 4 is 11.3 Å². The zero-order chi connectivity index (χ0) is 14.2.